The molecule has 0 aliphatic heterocycles. The lowest BCUT2D eigenvalue weighted by Crippen LogP contribution is -2.49. The van der Waals surface area contributed by atoms with Gasteiger partial charge in [-0.15, -0.1) is 11.3 Å². The van der Waals surface area contributed by atoms with Gasteiger partial charge in [0.1, 0.15) is 6.04 Å². The van der Waals surface area contributed by atoms with Crippen LogP contribution in [-0.4, -0.2) is 29.8 Å². The van der Waals surface area contributed by atoms with Gasteiger partial charge in [-0.3, -0.25) is 9.59 Å². The maximum Gasteiger partial charge on any atom is 0.262 e. The van der Waals surface area contributed by atoms with Gasteiger partial charge in [0.05, 0.1) is 4.88 Å². The first-order valence-corrected chi connectivity index (χ1v) is 9.47. The summed E-state index contributed by atoms with van der Waals surface area (Å²) in [5.74, 6) is -0.247. The van der Waals surface area contributed by atoms with E-state index < -0.39 is 6.04 Å². The summed E-state index contributed by atoms with van der Waals surface area (Å²) in [6.45, 7) is 6.54. The van der Waals surface area contributed by atoms with Crippen molar-refractivity contribution in [1.82, 2.24) is 10.2 Å². The summed E-state index contributed by atoms with van der Waals surface area (Å²) in [6.07, 6.45) is 0.999. The number of rotatable bonds is 7. The van der Waals surface area contributed by atoms with Gasteiger partial charge in [-0.1, -0.05) is 51.1 Å². The third-order valence-electron chi connectivity index (χ3n) is 4.19. The van der Waals surface area contributed by atoms with Crippen molar-refractivity contribution in [3.8, 4) is 0 Å². The van der Waals surface area contributed by atoms with Crippen LogP contribution in [0.1, 0.15) is 41.6 Å². The predicted octanol–water partition coefficient (Wildman–Crippen LogP) is 3.72. The molecule has 134 valence electrons. The minimum atomic E-state index is -0.533. The highest BCUT2D eigenvalue weighted by Crippen LogP contribution is 2.13. The highest BCUT2D eigenvalue weighted by Gasteiger charge is 2.27. The molecule has 1 N–H and O–H groups in total. The number of aryl methyl sites for hydroxylation is 1. The van der Waals surface area contributed by atoms with Crippen LogP contribution in [0.2, 0.25) is 0 Å². The Bertz CT molecular complexity index is 693. The normalized spacial score (nSPS) is 12.0. The summed E-state index contributed by atoms with van der Waals surface area (Å²) in [6, 6.07) is 11.3. The van der Waals surface area contributed by atoms with Crippen molar-refractivity contribution in [1.29, 1.82) is 0 Å². The highest BCUT2D eigenvalue weighted by molar-refractivity contribution is 7.12. The molecule has 2 amide bonds. The van der Waals surface area contributed by atoms with Gasteiger partial charge in [-0.2, -0.15) is 0 Å². The Kier molecular flexibility index (Phi) is 6.76. The fourth-order valence-corrected chi connectivity index (χ4v) is 3.23. The number of nitrogens with one attached hydrogen (secondary N) is 1. The SMILES string of the molecule is CCc1ccc(CN(C)C(=O)[C@@H](NC(=O)c2cccs2)C(C)C)cc1. The molecule has 1 atom stereocenters. The largest absolute Gasteiger partial charge is 0.340 e. The Morgan fingerprint density at radius 2 is 1.76 bits per heavy atom. The molecule has 4 nitrogen and oxygen atoms in total. The molecule has 0 bridgehead atoms. The summed E-state index contributed by atoms with van der Waals surface area (Å²) < 4.78 is 0. The molecule has 1 heterocycles. The second kappa shape index (κ2) is 8.81. The van der Waals surface area contributed by atoms with Crippen LogP contribution >= 0.6 is 11.3 Å². The van der Waals surface area contributed by atoms with Crippen LogP contribution in [0.25, 0.3) is 0 Å². The van der Waals surface area contributed by atoms with Gasteiger partial charge in [0, 0.05) is 13.6 Å². The summed E-state index contributed by atoms with van der Waals surface area (Å²) in [7, 11) is 1.78. The first-order chi connectivity index (χ1) is 11.9. The van der Waals surface area contributed by atoms with Crippen molar-refractivity contribution in [3.63, 3.8) is 0 Å². The summed E-state index contributed by atoms with van der Waals surface area (Å²) >= 11 is 1.37. The molecule has 25 heavy (non-hydrogen) atoms. The minimum Gasteiger partial charge on any atom is -0.340 e. The van der Waals surface area contributed by atoms with Gasteiger partial charge >= 0.3 is 0 Å². The van der Waals surface area contributed by atoms with Gasteiger partial charge in [0.15, 0.2) is 0 Å². The zero-order valence-corrected chi connectivity index (χ0v) is 16.1. The number of amides is 2. The van der Waals surface area contributed by atoms with E-state index in [1.165, 1.54) is 16.9 Å². The Hall–Kier alpha value is -2.14. The van der Waals surface area contributed by atoms with Gasteiger partial charge < -0.3 is 10.2 Å². The van der Waals surface area contributed by atoms with Crippen molar-refractivity contribution >= 4 is 23.2 Å². The Labute approximate surface area is 153 Å². The van der Waals surface area contributed by atoms with Crippen LogP contribution in [0.15, 0.2) is 41.8 Å². The molecular weight excluding hydrogens is 332 g/mol. The van der Waals surface area contributed by atoms with Gasteiger partial charge in [-0.25, -0.2) is 0 Å². The molecular formula is C20H26N2O2S. The van der Waals surface area contributed by atoms with Gasteiger partial charge in [0.25, 0.3) is 5.91 Å². The van der Waals surface area contributed by atoms with E-state index in [9.17, 15) is 9.59 Å². The second-order valence-electron chi connectivity index (χ2n) is 6.54. The topological polar surface area (TPSA) is 49.4 Å². The molecule has 0 saturated heterocycles. The van der Waals surface area contributed by atoms with Crippen molar-refractivity contribution in [2.75, 3.05) is 7.05 Å². The van der Waals surface area contributed by atoms with Gasteiger partial charge in [0.2, 0.25) is 5.91 Å². The summed E-state index contributed by atoms with van der Waals surface area (Å²) in [4.78, 5) is 27.4. The average Bonchev–Trinajstić information content (AvgIpc) is 3.14. The monoisotopic (exact) mass is 358 g/mol. The zero-order valence-electron chi connectivity index (χ0n) is 15.3. The Balaban J connectivity index is 2.03. The van der Waals surface area contributed by atoms with Crippen LogP contribution < -0.4 is 5.32 Å². The van der Waals surface area contributed by atoms with Crippen LogP contribution in [0.4, 0.5) is 0 Å². The van der Waals surface area contributed by atoms with Crippen molar-refractivity contribution in [3.05, 3.63) is 57.8 Å². The van der Waals surface area contributed by atoms with E-state index >= 15 is 0 Å². The first-order valence-electron chi connectivity index (χ1n) is 8.59. The summed E-state index contributed by atoms with van der Waals surface area (Å²) in [5, 5.41) is 4.74. The van der Waals surface area contributed by atoms with E-state index in [0.717, 1.165) is 12.0 Å². The zero-order chi connectivity index (χ0) is 18.4. The molecule has 5 heteroatoms. The molecule has 1 aromatic heterocycles. The van der Waals surface area contributed by atoms with Crippen LogP contribution in [0, 0.1) is 5.92 Å². The fraction of sp³-hybridized carbons (Fsp3) is 0.400. The maximum absolute atomic E-state index is 12.8. The van der Waals surface area contributed by atoms with E-state index in [2.05, 4.69) is 36.5 Å². The van der Waals surface area contributed by atoms with Crippen molar-refractivity contribution < 1.29 is 9.59 Å². The molecule has 0 aliphatic rings. The van der Waals surface area contributed by atoms with E-state index in [4.69, 9.17) is 0 Å². The third kappa shape index (κ3) is 5.16. The quantitative estimate of drug-likeness (QED) is 0.820. The number of nitrogens with zero attached hydrogens (tertiary/aromatic N) is 1. The average molecular weight is 359 g/mol. The standard InChI is InChI=1S/C20H26N2O2S/c1-5-15-8-10-16(11-9-15)13-22(4)20(24)18(14(2)3)21-19(23)17-7-6-12-25-17/h6-12,14,18H,5,13H2,1-4H3,(H,21,23)/t18-/m0/s1. The molecule has 0 aliphatic carbocycles. The lowest BCUT2D eigenvalue weighted by atomic mass is 10.0. The molecule has 0 saturated carbocycles. The molecule has 2 aromatic rings. The number of hydrogen-bond acceptors (Lipinski definition) is 3. The van der Waals surface area contributed by atoms with Crippen LogP contribution in [0.3, 0.4) is 0 Å². The predicted molar refractivity (Wildman–Crippen MR) is 103 cm³/mol. The number of benzene rings is 1. The molecule has 0 radical (unpaired) electrons. The fourth-order valence-electron chi connectivity index (χ4n) is 2.60. The highest BCUT2D eigenvalue weighted by atomic mass is 32.1. The molecule has 0 unspecified atom stereocenters. The lowest BCUT2D eigenvalue weighted by molar-refractivity contribution is -0.133. The lowest BCUT2D eigenvalue weighted by Gasteiger charge is -2.27. The Morgan fingerprint density at radius 3 is 2.28 bits per heavy atom. The van der Waals surface area contributed by atoms with Gasteiger partial charge in [-0.05, 0) is 34.9 Å². The number of hydrogen-bond donors (Lipinski definition) is 1. The van der Waals surface area contributed by atoms with E-state index in [0.29, 0.717) is 11.4 Å². The smallest absolute Gasteiger partial charge is 0.262 e. The molecule has 2 rings (SSSR count). The molecule has 0 fully saturated rings. The molecule has 1 aromatic carbocycles. The number of thiophene rings is 1. The van der Waals surface area contributed by atoms with E-state index in [-0.39, 0.29) is 17.7 Å². The maximum atomic E-state index is 12.8. The number of carbonyl (C=O) groups excluding carboxylic acids is 2. The number of carbonyl (C=O) groups is 2. The van der Waals surface area contributed by atoms with Crippen molar-refractivity contribution in [2.45, 2.75) is 39.8 Å². The summed E-state index contributed by atoms with van der Waals surface area (Å²) in [5.41, 5.74) is 2.36. The van der Waals surface area contributed by atoms with Crippen LogP contribution in [-0.2, 0) is 17.8 Å². The van der Waals surface area contributed by atoms with E-state index in [1.807, 2.05) is 25.3 Å². The first kappa shape index (κ1) is 19.2. The Morgan fingerprint density at radius 1 is 1.12 bits per heavy atom. The van der Waals surface area contributed by atoms with Crippen molar-refractivity contribution in [2.24, 2.45) is 5.92 Å². The third-order valence-corrected chi connectivity index (χ3v) is 5.06. The minimum absolute atomic E-state index is 0.0151. The second-order valence-corrected chi connectivity index (χ2v) is 7.48. The van der Waals surface area contributed by atoms with Crippen LogP contribution in [0.5, 0.6) is 0 Å². The van der Waals surface area contributed by atoms with E-state index in [1.54, 1.807) is 18.0 Å². The number of likely N-dealkylation sites (N-methyl/N-ethyl adjacent to an activating group) is 1. The molecule has 0 spiro atoms.